The van der Waals surface area contributed by atoms with Gasteiger partial charge >= 0.3 is 30.3 Å². The highest BCUT2D eigenvalue weighted by Gasteiger charge is 2.45. The number of hydrogen-bond donors (Lipinski definition) is 18. The van der Waals surface area contributed by atoms with Crippen LogP contribution in [0.2, 0.25) is 0 Å². The van der Waals surface area contributed by atoms with E-state index >= 15 is 14.4 Å². The van der Waals surface area contributed by atoms with Crippen molar-refractivity contribution < 1.29 is 116 Å². The molecule has 0 fully saturated rings. The highest BCUT2D eigenvalue weighted by molar-refractivity contribution is 6.07. The zero-order valence-corrected chi connectivity index (χ0v) is 56.3. The van der Waals surface area contributed by atoms with Gasteiger partial charge in [-0.15, -0.1) is 0 Å². The van der Waals surface area contributed by atoms with Gasteiger partial charge in [0.1, 0.15) is 54.5 Å². The molecule has 1 unspecified atom stereocenters. The molecule has 0 aliphatic heterocycles. The monoisotopic (exact) mass is 1410 g/mol. The van der Waals surface area contributed by atoms with Crippen molar-refractivity contribution in [3.63, 3.8) is 0 Å². The number of amides is 11. The third-order valence-corrected chi connectivity index (χ3v) is 14.3. The number of carboxylic acids is 2. The number of alkyl halides is 3. The third-order valence-electron chi connectivity index (χ3n) is 14.3. The Morgan fingerprint density at radius 1 is 0.667 bits per heavy atom. The number of aliphatic carboxylic acids is 2. The molecular weight excluding hydrogens is 1320 g/mol. The predicted octanol–water partition coefficient (Wildman–Crippen LogP) is -2.15. The average Bonchev–Trinajstić information content (AvgIpc) is 0.807. The molecule has 22 N–H and O–H groups in total. The van der Waals surface area contributed by atoms with Gasteiger partial charge in [-0.1, -0.05) is 90.4 Å². The molecule has 99 heavy (non-hydrogen) atoms. The minimum Gasteiger partial charge on any atom is -0.480 e. The number of nitrogens with one attached hydrogen (secondary N) is 8. The maximum Gasteiger partial charge on any atom is 0.490 e. The zero-order chi connectivity index (χ0) is 76.1. The normalized spacial score (nSPS) is 15.0. The first-order valence-corrected chi connectivity index (χ1v) is 30.9. The molecule has 11 amide bonds. The summed E-state index contributed by atoms with van der Waals surface area (Å²) < 4.78 is 42.6. The van der Waals surface area contributed by atoms with E-state index in [1.807, 2.05) is 5.32 Å². The number of alkyl carbamates (subject to hydrolysis) is 1. The van der Waals surface area contributed by atoms with Gasteiger partial charge < -0.3 is 94.9 Å². The summed E-state index contributed by atoms with van der Waals surface area (Å²) in [4.78, 5) is 175. The number of hydrogen-bond acceptors (Lipinski definition) is 22. The van der Waals surface area contributed by atoms with Gasteiger partial charge in [-0.3, -0.25) is 63.7 Å². The Morgan fingerprint density at radius 2 is 1.23 bits per heavy atom. The Hall–Kier alpha value is -9.63. The SMILES string of the molecule is CCC(C)[C@H](NC(=O)[C@@H](CCCNC(=N)N)NC(=O)[C@H](CC(C)C)N(C(=O)[C@H](Cc1cccc(NC(=O)OC(C)(C)C)c1)NC(=O)OCc1ccccc1)C(=O)[C@@H](N)[C@H](O)C(C)C)C(=O)N[C@H](C(=O)NCC(=O)N(C(=O)[C@@H](N)[C@H](O)C(N)=O)[C@@H](CO)C(=O)O)[C@H](C)O.O=C(O)C(F)(F)F. The lowest BCUT2D eigenvalue weighted by atomic mass is 9.94. The van der Waals surface area contributed by atoms with Gasteiger partial charge in [-0.2, -0.15) is 13.2 Å². The molecule has 0 saturated carbocycles. The standard InChI is InChI=1S/C59H92N14O19.C2HF3O2/c1-11-31(6)43(51(83)71-44(32(7)75)50(82)66-26-40(76)72(39(27-74)55(87)88)53(85)42(61)46(78)47(62)79)70-48(80)36(21-16-22-65-56(63)64)68-49(81)38(23-29(2)3)73(54(86)41(60)45(77)30(4)5)52(84)37(69-57(89)91-28-33-17-13-12-14-18-33)25-34-19-15-20-35(24-34)67-58(90)92-59(8,9)10;3-2(4,5)1(6)7/h12-15,17-20,24,29-32,36-39,41-46,74-75,77-78H,11,16,21-23,25-28,60-61H2,1-10H3,(H2,62,79)(H,66,82)(H,67,90)(H,68,81)(H,69,89)(H,70,80)(H,71,83)(H,87,88)(H4,63,64,65);(H,6,7)/t31?,32-,36+,37-,38-,39-,41-,42-,43-,44-,45+,46-;/m0./s1. The van der Waals surface area contributed by atoms with Gasteiger partial charge in [0.2, 0.25) is 47.3 Å². The smallest absolute Gasteiger partial charge is 0.480 e. The van der Waals surface area contributed by atoms with Crippen LogP contribution in [0.25, 0.3) is 0 Å². The largest absolute Gasteiger partial charge is 0.490 e. The molecule has 12 atom stereocenters. The summed E-state index contributed by atoms with van der Waals surface area (Å²) in [6, 6.07) is -1.07. The molecule has 0 radical (unpaired) electrons. The Balaban J connectivity index is 0.00000661. The number of nitrogens with two attached hydrogens (primary N) is 4. The lowest BCUT2D eigenvalue weighted by Crippen LogP contribution is -2.65. The molecule has 35 nitrogen and oxygen atoms in total. The zero-order valence-electron chi connectivity index (χ0n) is 56.3. The van der Waals surface area contributed by atoms with Crippen LogP contribution in [0.1, 0.15) is 106 Å². The number of nitrogens with zero attached hydrogens (tertiary/aromatic N) is 2. The highest BCUT2D eigenvalue weighted by atomic mass is 19.4. The molecule has 0 bridgehead atoms. The maximum absolute atomic E-state index is 15.5. The van der Waals surface area contributed by atoms with Crippen LogP contribution in [-0.4, -0.2) is 222 Å². The number of carboxylic acid groups (broad SMARTS) is 2. The molecule has 0 aromatic heterocycles. The van der Waals surface area contributed by atoms with Crippen molar-refractivity contribution in [3.8, 4) is 0 Å². The van der Waals surface area contributed by atoms with E-state index < -0.39 is 199 Å². The number of imide groups is 2. The van der Waals surface area contributed by atoms with E-state index in [1.165, 1.54) is 45.0 Å². The van der Waals surface area contributed by atoms with Crippen LogP contribution in [0, 0.1) is 23.2 Å². The number of primary amides is 1. The quantitative estimate of drug-likeness (QED) is 0.0199. The number of halogens is 3. The van der Waals surface area contributed by atoms with Crippen molar-refractivity contribution in [2.75, 3.05) is 25.0 Å². The van der Waals surface area contributed by atoms with Crippen molar-refractivity contribution in [2.24, 2.45) is 40.7 Å². The Labute approximate surface area is 567 Å². The van der Waals surface area contributed by atoms with E-state index in [4.69, 9.17) is 47.7 Å². The number of carbonyl (C=O) groups excluding carboxylic acids is 11. The van der Waals surface area contributed by atoms with E-state index in [0.29, 0.717) is 10.5 Å². The first-order chi connectivity index (χ1) is 45.8. The van der Waals surface area contributed by atoms with Crippen molar-refractivity contribution in [1.82, 2.24) is 41.7 Å². The van der Waals surface area contributed by atoms with Crippen LogP contribution in [0.15, 0.2) is 54.6 Å². The van der Waals surface area contributed by atoms with Crippen molar-refractivity contribution in [1.29, 1.82) is 5.41 Å². The summed E-state index contributed by atoms with van der Waals surface area (Å²) in [5, 5.41) is 83.5. The predicted molar refractivity (Wildman–Crippen MR) is 344 cm³/mol. The fourth-order valence-corrected chi connectivity index (χ4v) is 8.84. The number of carbonyl (C=O) groups is 13. The van der Waals surface area contributed by atoms with Gasteiger partial charge in [0.25, 0.3) is 5.91 Å². The number of rotatable bonds is 35. The summed E-state index contributed by atoms with van der Waals surface area (Å²) in [5.41, 5.74) is 22.7. The fraction of sp³-hybridized carbons (Fsp3) is 0.574. The van der Waals surface area contributed by atoms with E-state index in [1.54, 1.807) is 71.9 Å². The topological polar surface area (TPSA) is 580 Å². The third kappa shape index (κ3) is 29.9. The van der Waals surface area contributed by atoms with Gasteiger partial charge in [-0.05, 0) is 88.0 Å². The Bertz CT molecular complexity index is 3120. The van der Waals surface area contributed by atoms with E-state index in [9.17, 15) is 81.9 Å². The first kappa shape index (κ1) is 87.4. The van der Waals surface area contributed by atoms with Crippen molar-refractivity contribution >= 4 is 88.9 Å². The average molecular weight is 1420 g/mol. The Kier molecular flexibility index (Phi) is 36.1. The van der Waals surface area contributed by atoms with E-state index in [0.717, 1.165) is 6.92 Å². The molecule has 2 aromatic rings. The van der Waals surface area contributed by atoms with Gasteiger partial charge in [0.15, 0.2) is 18.1 Å². The molecule has 0 saturated heterocycles. The Morgan fingerprint density at radius 3 is 1.73 bits per heavy atom. The van der Waals surface area contributed by atoms with Crippen LogP contribution >= 0.6 is 0 Å². The minimum atomic E-state index is -5.08. The van der Waals surface area contributed by atoms with Crippen LogP contribution in [0.3, 0.4) is 0 Å². The molecule has 0 spiro atoms. The van der Waals surface area contributed by atoms with Crippen LogP contribution < -0.4 is 60.2 Å². The molecule has 2 rings (SSSR count). The minimum absolute atomic E-state index is 0.0336. The van der Waals surface area contributed by atoms with E-state index in [-0.39, 0.29) is 55.0 Å². The fourth-order valence-electron chi connectivity index (χ4n) is 8.84. The summed E-state index contributed by atoms with van der Waals surface area (Å²) in [5.74, 6) is -19.3. The number of anilines is 1. The van der Waals surface area contributed by atoms with Crippen LogP contribution in [0.5, 0.6) is 0 Å². The van der Waals surface area contributed by atoms with Crippen LogP contribution in [0.4, 0.5) is 28.4 Å². The number of guanidine groups is 1. The summed E-state index contributed by atoms with van der Waals surface area (Å²) in [7, 11) is 0. The molecular formula is C61H93F3N14O21. The highest BCUT2D eigenvalue weighted by Crippen LogP contribution is 2.23. The van der Waals surface area contributed by atoms with Gasteiger partial charge in [0.05, 0.1) is 25.4 Å². The number of aliphatic hydroxyl groups excluding tert-OH is 4. The second kappa shape index (κ2) is 40.9. The maximum atomic E-state index is 15.5. The lowest BCUT2D eigenvalue weighted by Gasteiger charge is -2.36. The van der Waals surface area contributed by atoms with Crippen molar-refractivity contribution in [2.45, 2.75) is 186 Å². The first-order valence-electron chi connectivity index (χ1n) is 30.9. The summed E-state index contributed by atoms with van der Waals surface area (Å²) >= 11 is 0. The molecule has 38 heteroatoms. The van der Waals surface area contributed by atoms with E-state index in [2.05, 4.69) is 31.9 Å². The molecule has 2 aromatic carbocycles. The second-order valence-electron chi connectivity index (χ2n) is 24.4. The number of ether oxygens (including phenoxy) is 2. The molecule has 0 aliphatic rings. The van der Waals surface area contributed by atoms with Gasteiger partial charge in [0, 0.05) is 18.7 Å². The van der Waals surface area contributed by atoms with Crippen molar-refractivity contribution in [3.05, 3.63) is 65.7 Å². The number of benzene rings is 2. The molecule has 0 aliphatic carbocycles. The number of aliphatic hydroxyl groups is 4. The van der Waals surface area contributed by atoms with Gasteiger partial charge in [-0.25, -0.2) is 19.2 Å². The summed E-state index contributed by atoms with van der Waals surface area (Å²) in [6.45, 7) is 12.4. The van der Waals surface area contributed by atoms with Crippen LogP contribution in [-0.2, 0) is 75.2 Å². The second-order valence-corrected chi connectivity index (χ2v) is 24.4. The molecule has 554 valence electrons. The molecule has 0 heterocycles. The summed E-state index contributed by atoms with van der Waals surface area (Å²) in [6.07, 6.45) is -13.9. The lowest BCUT2D eigenvalue weighted by molar-refractivity contribution is -0.192.